The molecule has 0 aliphatic carbocycles. The number of nitrogens with zero attached hydrogens (tertiary/aromatic N) is 2. The average Bonchev–Trinajstić information content (AvgIpc) is 2.73. The Balaban J connectivity index is 2.46. The molecule has 1 unspecified atom stereocenters. The number of nitrogens with one attached hydrogen (secondary N) is 1. The van der Waals surface area contributed by atoms with Gasteiger partial charge in [-0.3, -0.25) is 13.9 Å². The number of hydrogen-bond donors (Lipinski definition) is 1. The third-order valence-electron chi connectivity index (χ3n) is 5.33. The fraction of sp³-hybridized carbons (Fsp3) is 0.440. The SMILES string of the molecule is CCC(C(=O)NC(C)C)N(Cc1ccccc1)C(=O)CN(c1cc(C)ccc1C)S(C)(=O)=O. The molecular formula is C25H35N3O4S. The molecule has 0 spiro atoms. The zero-order chi connectivity index (χ0) is 24.8. The van der Waals surface area contributed by atoms with Crippen molar-refractivity contribution in [2.45, 2.75) is 59.7 Å². The maximum Gasteiger partial charge on any atom is 0.244 e. The van der Waals surface area contributed by atoms with Crippen molar-refractivity contribution in [1.29, 1.82) is 0 Å². The lowest BCUT2D eigenvalue weighted by Gasteiger charge is -2.33. The van der Waals surface area contributed by atoms with E-state index in [9.17, 15) is 18.0 Å². The van der Waals surface area contributed by atoms with Gasteiger partial charge in [-0.05, 0) is 56.9 Å². The van der Waals surface area contributed by atoms with Gasteiger partial charge in [0.1, 0.15) is 12.6 Å². The van der Waals surface area contributed by atoms with Gasteiger partial charge in [0.2, 0.25) is 21.8 Å². The first-order chi connectivity index (χ1) is 15.4. The Labute approximate surface area is 197 Å². The summed E-state index contributed by atoms with van der Waals surface area (Å²) in [6.07, 6.45) is 1.49. The monoisotopic (exact) mass is 473 g/mol. The van der Waals surface area contributed by atoms with E-state index in [0.717, 1.165) is 27.3 Å². The quantitative estimate of drug-likeness (QED) is 0.573. The van der Waals surface area contributed by atoms with Crippen LogP contribution in [0.4, 0.5) is 5.69 Å². The Morgan fingerprint density at radius 3 is 2.21 bits per heavy atom. The van der Waals surface area contributed by atoms with Gasteiger partial charge in [0.15, 0.2) is 0 Å². The lowest BCUT2D eigenvalue weighted by molar-refractivity contribution is -0.140. The van der Waals surface area contributed by atoms with Gasteiger partial charge in [0.05, 0.1) is 11.9 Å². The largest absolute Gasteiger partial charge is 0.352 e. The Morgan fingerprint density at radius 2 is 1.67 bits per heavy atom. The molecule has 0 fully saturated rings. The van der Waals surface area contributed by atoms with Crippen molar-refractivity contribution in [3.8, 4) is 0 Å². The van der Waals surface area contributed by atoms with Crippen molar-refractivity contribution in [3.05, 3.63) is 65.2 Å². The van der Waals surface area contributed by atoms with Crippen LogP contribution >= 0.6 is 0 Å². The van der Waals surface area contributed by atoms with Gasteiger partial charge in [-0.1, -0.05) is 49.4 Å². The topological polar surface area (TPSA) is 86.8 Å². The van der Waals surface area contributed by atoms with Crippen LogP contribution in [0, 0.1) is 13.8 Å². The van der Waals surface area contributed by atoms with Crippen LogP contribution < -0.4 is 9.62 Å². The summed E-state index contributed by atoms with van der Waals surface area (Å²) >= 11 is 0. The molecule has 0 bridgehead atoms. The van der Waals surface area contributed by atoms with E-state index in [1.807, 2.05) is 77.1 Å². The van der Waals surface area contributed by atoms with Crippen molar-refractivity contribution in [2.75, 3.05) is 17.1 Å². The summed E-state index contributed by atoms with van der Waals surface area (Å²) in [5.41, 5.74) is 2.96. The number of sulfonamides is 1. The average molecular weight is 474 g/mol. The molecule has 0 aliphatic heterocycles. The first-order valence-corrected chi connectivity index (χ1v) is 13.0. The van der Waals surface area contributed by atoms with Crippen molar-refractivity contribution >= 4 is 27.5 Å². The highest BCUT2D eigenvalue weighted by Crippen LogP contribution is 2.25. The minimum Gasteiger partial charge on any atom is -0.352 e. The van der Waals surface area contributed by atoms with Crippen molar-refractivity contribution in [1.82, 2.24) is 10.2 Å². The van der Waals surface area contributed by atoms with Crippen LogP contribution in [-0.2, 0) is 26.2 Å². The van der Waals surface area contributed by atoms with Gasteiger partial charge in [0, 0.05) is 12.6 Å². The van der Waals surface area contributed by atoms with Gasteiger partial charge < -0.3 is 10.2 Å². The van der Waals surface area contributed by atoms with Crippen molar-refractivity contribution < 1.29 is 18.0 Å². The summed E-state index contributed by atoms with van der Waals surface area (Å²) in [6.45, 7) is 9.06. The molecule has 0 aliphatic rings. The molecule has 0 radical (unpaired) electrons. The molecule has 2 aromatic carbocycles. The van der Waals surface area contributed by atoms with Crippen LogP contribution in [0.5, 0.6) is 0 Å². The Morgan fingerprint density at radius 1 is 1.03 bits per heavy atom. The molecule has 33 heavy (non-hydrogen) atoms. The maximum absolute atomic E-state index is 13.6. The van der Waals surface area contributed by atoms with Gasteiger partial charge in [-0.2, -0.15) is 0 Å². The fourth-order valence-electron chi connectivity index (χ4n) is 3.66. The second kappa shape index (κ2) is 11.3. The molecule has 1 atom stereocenters. The molecule has 180 valence electrons. The van der Waals surface area contributed by atoms with Crippen LogP contribution in [0.2, 0.25) is 0 Å². The zero-order valence-corrected chi connectivity index (χ0v) is 21.1. The van der Waals surface area contributed by atoms with E-state index in [4.69, 9.17) is 0 Å². The molecule has 2 rings (SSSR count). The van der Waals surface area contributed by atoms with Crippen LogP contribution in [0.15, 0.2) is 48.5 Å². The smallest absolute Gasteiger partial charge is 0.244 e. The molecule has 1 N–H and O–H groups in total. The van der Waals surface area contributed by atoms with E-state index in [2.05, 4.69) is 5.32 Å². The number of amides is 2. The molecule has 0 saturated carbocycles. The first-order valence-electron chi connectivity index (χ1n) is 11.1. The minimum absolute atomic E-state index is 0.0808. The first kappa shape index (κ1) is 26.4. The second-order valence-corrected chi connectivity index (χ2v) is 10.6. The van der Waals surface area contributed by atoms with E-state index in [0.29, 0.717) is 12.1 Å². The predicted octanol–water partition coefficient (Wildman–Crippen LogP) is 3.40. The number of benzene rings is 2. The highest BCUT2D eigenvalue weighted by molar-refractivity contribution is 7.92. The molecule has 2 aromatic rings. The molecule has 0 heterocycles. The fourth-order valence-corrected chi connectivity index (χ4v) is 4.56. The van der Waals surface area contributed by atoms with E-state index in [1.54, 1.807) is 6.07 Å². The standard InChI is InChI=1S/C25H35N3O4S/c1-7-22(25(30)26-18(2)3)27(16-21-11-9-8-10-12-21)24(29)17-28(33(6,31)32)23-15-19(4)13-14-20(23)5/h8-15,18,22H,7,16-17H2,1-6H3,(H,26,30). The highest BCUT2D eigenvalue weighted by Gasteiger charge is 2.32. The summed E-state index contributed by atoms with van der Waals surface area (Å²) in [5, 5.41) is 2.88. The second-order valence-electron chi connectivity index (χ2n) is 8.65. The number of anilines is 1. The zero-order valence-electron chi connectivity index (χ0n) is 20.3. The number of hydrogen-bond acceptors (Lipinski definition) is 4. The van der Waals surface area contributed by atoms with Crippen LogP contribution in [0.3, 0.4) is 0 Å². The lowest BCUT2D eigenvalue weighted by atomic mass is 10.1. The number of rotatable bonds is 10. The van der Waals surface area contributed by atoms with Crippen LogP contribution in [0.25, 0.3) is 0 Å². The summed E-state index contributed by atoms with van der Waals surface area (Å²) in [5.74, 6) is -0.689. The number of aryl methyl sites for hydroxylation is 2. The van der Waals surface area contributed by atoms with Gasteiger partial charge in [-0.25, -0.2) is 8.42 Å². The molecule has 7 nitrogen and oxygen atoms in total. The summed E-state index contributed by atoms with van der Waals surface area (Å²) in [7, 11) is -3.75. The van der Waals surface area contributed by atoms with Gasteiger partial charge in [-0.15, -0.1) is 0 Å². The van der Waals surface area contributed by atoms with Gasteiger partial charge in [0.25, 0.3) is 0 Å². The van der Waals surface area contributed by atoms with E-state index in [-0.39, 0.29) is 25.0 Å². The van der Waals surface area contributed by atoms with Crippen molar-refractivity contribution in [3.63, 3.8) is 0 Å². The molecule has 8 heteroatoms. The number of carbonyl (C=O) groups is 2. The van der Waals surface area contributed by atoms with E-state index < -0.39 is 22.0 Å². The predicted molar refractivity (Wildman–Crippen MR) is 132 cm³/mol. The third kappa shape index (κ3) is 7.32. The number of carbonyl (C=O) groups excluding carboxylic acids is 2. The Kier molecular flexibility index (Phi) is 9.05. The van der Waals surface area contributed by atoms with E-state index >= 15 is 0 Å². The van der Waals surface area contributed by atoms with Crippen molar-refractivity contribution in [2.24, 2.45) is 0 Å². The summed E-state index contributed by atoms with van der Waals surface area (Å²) in [4.78, 5) is 28.0. The summed E-state index contributed by atoms with van der Waals surface area (Å²) in [6, 6.07) is 14.1. The summed E-state index contributed by atoms with van der Waals surface area (Å²) < 4.78 is 26.5. The maximum atomic E-state index is 13.6. The minimum atomic E-state index is -3.75. The molecule has 0 aromatic heterocycles. The molecule has 2 amide bonds. The normalized spacial score (nSPS) is 12.3. The molecule has 0 saturated heterocycles. The van der Waals surface area contributed by atoms with Crippen LogP contribution in [-0.4, -0.2) is 50.0 Å². The van der Waals surface area contributed by atoms with E-state index in [1.165, 1.54) is 4.90 Å². The van der Waals surface area contributed by atoms with Gasteiger partial charge >= 0.3 is 0 Å². The third-order valence-corrected chi connectivity index (χ3v) is 6.45. The van der Waals surface area contributed by atoms with Crippen LogP contribution in [0.1, 0.15) is 43.9 Å². The highest BCUT2D eigenvalue weighted by atomic mass is 32.2. The Hall–Kier alpha value is -2.87. The lowest BCUT2D eigenvalue weighted by Crippen LogP contribution is -2.53. The molecular weight excluding hydrogens is 438 g/mol. The Bertz CT molecular complexity index is 1070.